The van der Waals surface area contributed by atoms with Crippen molar-refractivity contribution in [1.29, 1.82) is 0 Å². The van der Waals surface area contributed by atoms with Crippen LogP contribution in [0.5, 0.6) is 0 Å². The Labute approximate surface area is 127 Å². The van der Waals surface area contributed by atoms with E-state index < -0.39 is 0 Å². The Morgan fingerprint density at radius 2 is 2.15 bits per heavy atom. The summed E-state index contributed by atoms with van der Waals surface area (Å²) < 4.78 is 4.41. The van der Waals surface area contributed by atoms with Crippen molar-refractivity contribution in [3.63, 3.8) is 0 Å². The normalized spacial score (nSPS) is 17.4. The molecule has 2 heterocycles. The minimum atomic E-state index is 0.0859. The second kappa shape index (κ2) is 5.50. The fourth-order valence-corrected chi connectivity index (χ4v) is 4.14. The van der Waals surface area contributed by atoms with Gasteiger partial charge in [0.2, 0.25) is 0 Å². The van der Waals surface area contributed by atoms with Gasteiger partial charge in [0.1, 0.15) is 15.8 Å². The first-order valence-electron chi connectivity index (χ1n) is 7.09. The maximum absolute atomic E-state index is 4.67. The minimum absolute atomic E-state index is 0.0859. The Bertz CT molecular complexity index is 584. The molecule has 0 radical (unpaired) electrons. The van der Waals surface area contributed by atoms with E-state index in [0.717, 1.165) is 23.1 Å². The molecule has 2 aromatic heterocycles. The highest BCUT2D eigenvalue weighted by molar-refractivity contribution is 7.09. The molecule has 1 saturated carbocycles. The SMILES string of the molecule is Cc1csc(C2(NCc3nc(C(C)C)ns3)CCC2)n1. The van der Waals surface area contributed by atoms with Gasteiger partial charge in [-0.15, -0.1) is 11.3 Å². The van der Waals surface area contributed by atoms with E-state index in [1.165, 1.54) is 35.8 Å². The highest BCUT2D eigenvalue weighted by atomic mass is 32.1. The molecule has 0 atom stereocenters. The van der Waals surface area contributed by atoms with Crippen molar-refractivity contribution < 1.29 is 0 Å². The number of nitrogens with one attached hydrogen (secondary N) is 1. The quantitative estimate of drug-likeness (QED) is 0.917. The van der Waals surface area contributed by atoms with Gasteiger partial charge in [-0.25, -0.2) is 9.97 Å². The fraction of sp³-hybridized carbons (Fsp3) is 0.643. The fourth-order valence-electron chi connectivity index (χ4n) is 2.39. The smallest absolute Gasteiger partial charge is 0.145 e. The number of nitrogens with zero attached hydrogens (tertiary/aromatic N) is 3. The van der Waals surface area contributed by atoms with Crippen molar-refractivity contribution in [3.05, 3.63) is 26.9 Å². The molecule has 0 spiro atoms. The highest BCUT2D eigenvalue weighted by Gasteiger charge is 2.40. The summed E-state index contributed by atoms with van der Waals surface area (Å²) in [5.74, 6) is 1.36. The zero-order valence-electron chi connectivity index (χ0n) is 12.1. The Morgan fingerprint density at radius 3 is 2.65 bits per heavy atom. The number of hydrogen-bond donors (Lipinski definition) is 1. The second-order valence-electron chi connectivity index (χ2n) is 5.78. The predicted molar refractivity (Wildman–Crippen MR) is 83.2 cm³/mol. The third-order valence-corrected chi connectivity index (χ3v) is 5.70. The standard InChI is InChI=1S/C14H20N4S2/c1-9(2)12-17-11(20-18-12)7-15-14(5-4-6-14)13-16-10(3)8-19-13/h8-9,15H,4-7H2,1-3H3. The van der Waals surface area contributed by atoms with Gasteiger partial charge in [-0.2, -0.15) is 4.37 Å². The molecule has 0 aromatic carbocycles. The molecule has 1 N–H and O–H groups in total. The van der Waals surface area contributed by atoms with Crippen LogP contribution in [-0.4, -0.2) is 14.3 Å². The molecule has 0 amide bonds. The average molecular weight is 308 g/mol. The lowest BCUT2D eigenvalue weighted by Crippen LogP contribution is -2.47. The summed E-state index contributed by atoms with van der Waals surface area (Å²) in [6.07, 6.45) is 3.63. The van der Waals surface area contributed by atoms with Gasteiger partial charge in [-0.1, -0.05) is 13.8 Å². The summed E-state index contributed by atoms with van der Waals surface area (Å²) in [5.41, 5.74) is 1.21. The van der Waals surface area contributed by atoms with Crippen molar-refractivity contribution >= 4 is 22.9 Å². The molecule has 0 unspecified atom stereocenters. The van der Waals surface area contributed by atoms with E-state index in [1.807, 2.05) is 0 Å². The lowest BCUT2D eigenvalue weighted by atomic mass is 9.77. The molecule has 0 aliphatic heterocycles. The number of aryl methyl sites for hydroxylation is 1. The predicted octanol–water partition coefficient (Wildman–Crippen LogP) is 3.60. The van der Waals surface area contributed by atoms with Gasteiger partial charge in [0.05, 0.1) is 12.1 Å². The van der Waals surface area contributed by atoms with E-state index in [0.29, 0.717) is 5.92 Å². The van der Waals surface area contributed by atoms with E-state index in [2.05, 4.69) is 45.8 Å². The van der Waals surface area contributed by atoms with Crippen LogP contribution in [0.4, 0.5) is 0 Å². The van der Waals surface area contributed by atoms with Crippen LogP contribution in [0.1, 0.15) is 60.6 Å². The molecule has 1 aliphatic rings. The van der Waals surface area contributed by atoms with Crippen molar-refractivity contribution in [1.82, 2.24) is 19.7 Å². The van der Waals surface area contributed by atoms with Gasteiger partial charge in [-0.3, -0.25) is 5.32 Å². The lowest BCUT2D eigenvalue weighted by Gasteiger charge is -2.40. The van der Waals surface area contributed by atoms with Crippen LogP contribution in [0.2, 0.25) is 0 Å². The summed E-state index contributed by atoms with van der Waals surface area (Å²) >= 11 is 3.28. The number of hydrogen-bond acceptors (Lipinski definition) is 6. The maximum Gasteiger partial charge on any atom is 0.145 e. The molecule has 6 heteroatoms. The van der Waals surface area contributed by atoms with Crippen molar-refractivity contribution in [2.24, 2.45) is 0 Å². The molecular formula is C14H20N4S2. The molecule has 4 nitrogen and oxygen atoms in total. The van der Waals surface area contributed by atoms with E-state index in [1.54, 1.807) is 11.3 Å². The topological polar surface area (TPSA) is 50.7 Å². The summed E-state index contributed by atoms with van der Waals surface area (Å²) in [5, 5.41) is 8.13. The molecule has 1 fully saturated rings. The van der Waals surface area contributed by atoms with E-state index in [-0.39, 0.29) is 5.54 Å². The average Bonchev–Trinajstić information content (AvgIpc) is 2.97. The molecule has 2 aromatic rings. The third-order valence-electron chi connectivity index (χ3n) is 3.81. The Morgan fingerprint density at radius 1 is 1.35 bits per heavy atom. The Kier molecular flexibility index (Phi) is 3.88. The van der Waals surface area contributed by atoms with Crippen LogP contribution in [-0.2, 0) is 12.1 Å². The number of aromatic nitrogens is 3. The van der Waals surface area contributed by atoms with Crippen LogP contribution < -0.4 is 5.32 Å². The monoisotopic (exact) mass is 308 g/mol. The minimum Gasteiger partial charge on any atom is -0.299 e. The second-order valence-corrected chi connectivity index (χ2v) is 7.48. The highest BCUT2D eigenvalue weighted by Crippen LogP contribution is 2.42. The summed E-state index contributed by atoms with van der Waals surface area (Å²) in [7, 11) is 0. The van der Waals surface area contributed by atoms with E-state index >= 15 is 0 Å². The largest absolute Gasteiger partial charge is 0.299 e. The summed E-state index contributed by atoms with van der Waals surface area (Å²) in [6.45, 7) is 7.12. The van der Waals surface area contributed by atoms with Crippen LogP contribution in [0, 0.1) is 6.92 Å². The van der Waals surface area contributed by atoms with Crippen molar-refractivity contribution in [3.8, 4) is 0 Å². The lowest BCUT2D eigenvalue weighted by molar-refractivity contribution is 0.182. The van der Waals surface area contributed by atoms with Crippen molar-refractivity contribution in [2.75, 3.05) is 0 Å². The number of rotatable bonds is 5. The first kappa shape index (κ1) is 14.1. The van der Waals surface area contributed by atoms with Gasteiger partial charge < -0.3 is 0 Å². The van der Waals surface area contributed by atoms with Crippen LogP contribution in [0.25, 0.3) is 0 Å². The molecular weight excluding hydrogens is 288 g/mol. The van der Waals surface area contributed by atoms with E-state index in [4.69, 9.17) is 0 Å². The van der Waals surface area contributed by atoms with E-state index in [9.17, 15) is 0 Å². The maximum atomic E-state index is 4.67. The first-order valence-corrected chi connectivity index (χ1v) is 8.74. The Hall–Kier alpha value is -0.850. The number of thiazole rings is 1. The van der Waals surface area contributed by atoms with Gasteiger partial charge in [-0.05, 0) is 37.7 Å². The molecule has 108 valence electrons. The molecule has 3 rings (SSSR count). The van der Waals surface area contributed by atoms with Crippen LogP contribution >= 0.6 is 22.9 Å². The Balaban J connectivity index is 1.69. The third kappa shape index (κ3) is 2.64. The van der Waals surface area contributed by atoms with Gasteiger partial charge in [0.25, 0.3) is 0 Å². The molecule has 1 aliphatic carbocycles. The van der Waals surface area contributed by atoms with Crippen molar-refractivity contribution in [2.45, 2.75) is 58.0 Å². The van der Waals surface area contributed by atoms with Crippen LogP contribution in [0.15, 0.2) is 5.38 Å². The van der Waals surface area contributed by atoms with Gasteiger partial charge in [0.15, 0.2) is 0 Å². The molecule has 0 saturated heterocycles. The summed E-state index contributed by atoms with van der Waals surface area (Å²) in [4.78, 5) is 9.27. The van der Waals surface area contributed by atoms with Crippen LogP contribution in [0.3, 0.4) is 0 Å². The molecule has 0 bridgehead atoms. The summed E-state index contributed by atoms with van der Waals surface area (Å²) in [6, 6.07) is 0. The first-order chi connectivity index (χ1) is 9.59. The van der Waals surface area contributed by atoms with Gasteiger partial charge in [0, 0.05) is 17.0 Å². The van der Waals surface area contributed by atoms with Gasteiger partial charge >= 0.3 is 0 Å². The zero-order valence-corrected chi connectivity index (χ0v) is 13.8. The molecule has 20 heavy (non-hydrogen) atoms. The zero-order chi connectivity index (χ0) is 14.2.